The van der Waals surface area contributed by atoms with Crippen LogP contribution in [0.5, 0.6) is 0 Å². The highest BCUT2D eigenvalue weighted by molar-refractivity contribution is 5.85. The molecule has 0 aliphatic heterocycles. The largest absolute Gasteiger partial charge is 0.366 e. The second-order valence-corrected chi connectivity index (χ2v) is 2.55. The molecule has 1 N–H and O–H groups in total. The Kier molecular flexibility index (Phi) is 2.98. The normalized spacial score (nSPS) is 16.2. The van der Waals surface area contributed by atoms with Gasteiger partial charge in [-0.1, -0.05) is 0 Å². The molecule has 0 radical (unpaired) electrons. The maximum atomic E-state index is 7.39. The quantitative estimate of drug-likeness (QED) is 0.441. The fraction of sp³-hybridized carbons (Fsp3) is 0.833. The molecule has 0 amide bonds. The van der Waals surface area contributed by atoms with Gasteiger partial charge in [-0.2, -0.15) is 0 Å². The van der Waals surface area contributed by atoms with Crippen molar-refractivity contribution >= 4 is 18.2 Å². The number of amidine groups is 1. The Morgan fingerprint density at radius 2 is 1.89 bits per heavy atom. The fourth-order valence-corrected chi connectivity index (χ4v) is 0.722. The maximum Gasteiger partial charge on any atom is 0.0984 e. The summed E-state index contributed by atoms with van der Waals surface area (Å²) >= 11 is 0. The molecule has 0 bridgehead atoms. The van der Waals surface area contributed by atoms with Gasteiger partial charge in [-0.25, -0.2) is 0 Å². The second-order valence-electron chi connectivity index (χ2n) is 2.55. The van der Waals surface area contributed by atoms with Crippen LogP contribution in [0.25, 0.3) is 0 Å². The van der Waals surface area contributed by atoms with E-state index in [1.165, 1.54) is 12.8 Å². The number of hydrogen-bond acceptors (Lipinski definition) is 1. The number of hydrogen-bond donors (Lipinski definition) is 1. The van der Waals surface area contributed by atoms with E-state index in [1.807, 2.05) is 19.0 Å². The van der Waals surface area contributed by atoms with Crippen molar-refractivity contribution in [1.29, 1.82) is 5.41 Å². The average Bonchev–Trinajstić information content (AvgIpc) is 2.43. The molecule has 1 saturated carbocycles. The topological polar surface area (TPSA) is 27.1 Å². The molecule has 0 aromatic carbocycles. The second kappa shape index (κ2) is 3.06. The zero-order valence-electron chi connectivity index (χ0n) is 5.85. The van der Waals surface area contributed by atoms with Gasteiger partial charge >= 0.3 is 0 Å². The molecule has 3 heteroatoms. The van der Waals surface area contributed by atoms with Crippen LogP contribution in [-0.2, 0) is 0 Å². The van der Waals surface area contributed by atoms with Crippen molar-refractivity contribution in [3.63, 3.8) is 0 Å². The predicted octanol–water partition coefficient (Wildman–Crippen LogP) is 1.36. The Labute approximate surface area is 62.2 Å². The van der Waals surface area contributed by atoms with Crippen LogP contribution >= 0.6 is 12.4 Å². The smallest absolute Gasteiger partial charge is 0.0984 e. The lowest BCUT2D eigenvalue weighted by atomic mass is 10.4. The lowest BCUT2D eigenvalue weighted by Gasteiger charge is -2.11. The summed E-state index contributed by atoms with van der Waals surface area (Å²) in [6.45, 7) is 0. The van der Waals surface area contributed by atoms with Crippen LogP contribution in [0.1, 0.15) is 12.8 Å². The summed E-state index contributed by atoms with van der Waals surface area (Å²) in [5.41, 5.74) is 0. The molecule has 1 aliphatic rings. The van der Waals surface area contributed by atoms with Crippen LogP contribution in [0.4, 0.5) is 0 Å². The van der Waals surface area contributed by atoms with Gasteiger partial charge in [0.05, 0.1) is 5.84 Å². The van der Waals surface area contributed by atoms with Gasteiger partial charge < -0.3 is 4.90 Å². The molecular weight excluding hydrogens is 136 g/mol. The molecule has 0 unspecified atom stereocenters. The summed E-state index contributed by atoms with van der Waals surface area (Å²) in [6.07, 6.45) is 2.47. The molecule has 0 heterocycles. The summed E-state index contributed by atoms with van der Waals surface area (Å²) in [7, 11) is 3.86. The third-order valence-electron chi connectivity index (χ3n) is 1.45. The van der Waals surface area contributed by atoms with Gasteiger partial charge in [0.1, 0.15) is 0 Å². The highest BCUT2D eigenvalue weighted by Crippen LogP contribution is 2.30. The van der Waals surface area contributed by atoms with Gasteiger partial charge in [-0.05, 0) is 12.8 Å². The zero-order chi connectivity index (χ0) is 6.15. The van der Waals surface area contributed by atoms with E-state index in [4.69, 9.17) is 5.41 Å². The summed E-state index contributed by atoms with van der Waals surface area (Å²) in [4.78, 5) is 1.89. The Balaban J connectivity index is 0.000000640. The summed E-state index contributed by atoms with van der Waals surface area (Å²) < 4.78 is 0. The Morgan fingerprint density at radius 3 is 2.00 bits per heavy atom. The van der Waals surface area contributed by atoms with E-state index in [1.54, 1.807) is 0 Å². The number of nitrogens with one attached hydrogen (secondary N) is 1. The molecule has 0 atom stereocenters. The van der Waals surface area contributed by atoms with Crippen molar-refractivity contribution in [2.45, 2.75) is 12.8 Å². The SMILES string of the molecule is CN(C)C(=N)C1CC1.Cl. The number of nitrogens with zero attached hydrogens (tertiary/aromatic N) is 1. The third kappa shape index (κ3) is 2.22. The van der Waals surface area contributed by atoms with E-state index < -0.39 is 0 Å². The molecule has 0 spiro atoms. The van der Waals surface area contributed by atoms with E-state index in [2.05, 4.69) is 0 Å². The van der Waals surface area contributed by atoms with Crippen LogP contribution in [-0.4, -0.2) is 24.8 Å². The minimum Gasteiger partial charge on any atom is -0.366 e. The van der Waals surface area contributed by atoms with Gasteiger partial charge in [-0.15, -0.1) is 12.4 Å². The van der Waals surface area contributed by atoms with Crippen LogP contribution < -0.4 is 0 Å². The van der Waals surface area contributed by atoms with Gasteiger partial charge in [-0.3, -0.25) is 5.41 Å². The zero-order valence-corrected chi connectivity index (χ0v) is 6.66. The van der Waals surface area contributed by atoms with Crippen molar-refractivity contribution in [3.05, 3.63) is 0 Å². The number of halogens is 1. The van der Waals surface area contributed by atoms with Crippen molar-refractivity contribution in [3.8, 4) is 0 Å². The number of rotatable bonds is 1. The first-order valence-corrected chi connectivity index (χ1v) is 2.97. The predicted molar refractivity (Wildman–Crippen MR) is 41.4 cm³/mol. The minimum absolute atomic E-state index is 0. The van der Waals surface area contributed by atoms with E-state index in [9.17, 15) is 0 Å². The standard InChI is InChI=1S/C6H12N2.ClH/c1-8(2)6(7)5-3-4-5;/h5,7H,3-4H2,1-2H3;1H. The highest BCUT2D eigenvalue weighted by atomic mass is 35.5. The van der Waals surface area contributed by atoms with E-state index in [0.29, 0.717) is 5.92 Å². The minimum atomic E-state index is 0. The molecule has 54 valence electrons. The molecule has 9 heavy (non-hydrogen) atoms. The lowest BCUT2D eigenvalue weighted by molar-refractivity contribution is 0.593. The molecule has 1 rings (SSSR count). The summed E-state index contributed by atoms with van der Waals surface area (Å²) in [6, 6.07) is 0. The third-order valence-corrected chi connectivity index (χ3v) is 1.45. The first-order chi connectivity index (χ1) is 3.72. The van der Waals surface area contributed by atoms with Gasteiger partial charge in [0, 0.05) is 20.0 Å². The Bertz CT molecular complexity index is 104. The van der Waals surface area contributed by atoms with E-state index >= 15 is 0 Å². The fourth-order valence-electron chi connectivity index (χ4n) is 0.722. The summed E-state index contributed by atoms with van der Waals surface area (Å²) in [5.74, 6) is 1.40. The monoisotopic (exact) mass is 148 g/mol. The van der Waals surface area contributed by atoms with Gasteiger partial charge in [0.2, 0.25) is 0 Å². The van der Waals surface area contributed by atoms with Crippen molar-refractivity contribution in [2.75, 3.05) is 14.1 Å². The van der Waals surface area contributed by atoms with Crippen LogP contribution in [0, 0.1) is 11.3 Å². The molecule has 1 fully saturated rings. The Hall–Kier alpha value is -0.240. The van der Waals surface area contributed by atoms with Crippen molar-refractivity contribution in [2.24, 2.45) is 5.92 Å². The molecular formula is C6H13ClN2. The highest BCUT2D eigenvalue weighted by Gasteiger charge is 2.27. The summed E-state index contributed by atoms with van der Waals surface area (Å²) in [5, 5.41) is 7.39. The van der Waals surface area contributed by atoms with Gasteiger partial charge in [0.25, 0.3) is 0 Å². The maximum absolute atomic E-state index is 7.39. The van der Waals surface area contributed by atoms with E-state index in [-0.39, 0.29) is 12.4 Å². The van der Waals surface area contributed by atoms with Crippen molar-refractivity contribution in [1.82, 2.24) is 4.90 Å². The molecule has 0 aromatic heterocycles. The van der Waals surface area contributed by atoms with Gasteiger partial charge in [0.15, 0.2) is 0 Å². The molecule has 0 aromatic rings. The lowest BCUT2D eigenvalue weighted by Crippen LogP contribution is -2.22. The van der Waals surface area contributed by atoms with Crippen LogP contribution in [0.2, 0.25) is 0 Å². The van der Waals surface area contributed by atoms with E-state index in [0.717, 1.165) is 5.84 Å². The molecule has 2 nitrogen and oxygen atoms in total. The Morgan fingerprint density at radius 1 is 1.44 bits per heavy atom. The van der Waals surface area contributed by atoms with Crippen LogP contribution in [0.15, 0.2) is 0 Å². The average molecular weight is 149 g/mol. The molecule has 0 saturated heterocycles. The van der Waals surface area contributed by atoms with Crippen LogP contribution in [0.3, 0.4) is 0 Å². The first kappa shape index (κ1) is 8.76. The molecule has 1 aliphatic carbocycles. The first-order valence-electron chi connectivity index (χ1n) is 2.97. The van der Waals surface area contributed by atoms with Crippen molar-refractivity contribution < 1.29 is 0 Å².